The van der Waals surface area contributed by atoms with Crippen LogP contribution in [-0.2, 0) is 6.54 Å². The quantitative estimate of drug-likeness (QED) is 0.653. The lowest BCUT2D eigenvalue weighted by Crippen LogP contribution is -2.15. The zero-order valence-corrected chi connectivity index (χ0v) is 6.55. The van der Waals surface area contributed by atoms with Crippen LogP contribution in [-0.4, -0.2) is 11.7 Å². The van der Waals surface area contributed by atoms with Crippen LogP contribution in [0, 0.1) is 5.82 Å². The van der Waals surface area contributed by atoms with Gasteiger partial charge in [0.1, 0.15) is 5.82 Å². The second kappa shape index (κ2) is 2.84. The number of benzene rings is 1. The van der Waals surface area contributed by atoms with E-state index < -0.39 is 0 Å². The van der Waals surface area contributed by atoms with Gasteiger partial charge in [0.2, 0.25) is 0 Å². The van der Waals surface area contributed by atoms with Gasteiger partial charge in [-0.15, -0.1) is 0 Å². The molecule has 2 N–H and O–H groups in total. The molecule has 64 valence electrons. The van der Waals surface area contributed by atoms with Gasteiger partial charge >= 0.3 is 0 Å². The van der Waals surface area contributed by atoms with Gasteiger partial charge in [-0.05, 0) is 23.3 Å². The molecule has 0 aliphatic carbocycles. The fourth-order valence-electron chi connectivity index (χ4n) is 1.56. The van der Waals surface area contributed by atoms with E-state index in [0.29, 0.717) is 0 Å². The third-order valence-electron chi connectivity index (χ3n) is 2.20. The Morgan fingerprint density at radius 2 is 2.42 bits per heavy atom. The van der Waals surface area contributed by atoms with Gasteiger partial charge < -0.3 is 10.4 Å². The molecular weight excluding hydrogens is 157 g/mol. The van der Waals surface area contributed by atoms with Crippen LogP contribution in [0.4, 0.5) is 4.39 Å². The average molecular weight is 167 g/mol. The summed E-state index contributed by atoms with van der Waals surface area (Å²) >= 11 is 0. The predicted octanol–water partition coefficient (Wildman–Crippen LogP) is 0.962. The number of nitrogens with one attached hydrogen (secondary N) is 1. The minimum atomic E-state index is -0.240. The predicted molar refractivity (Wildman–Crippen MR) is 43.1 cm³/mol. The van der Waals surface area contributed by atoms with Crippen molar-refractivity contribution in [2.24, 2.45) is 0 Å². The molecule has 12 heavy (non-hydrogen) atoms. The van der Waals surface area contributed by atoms with Crippen LogP contribution in [0.1, 0.15) is 17.2 Å². The van der Waals surface area contributed by atoms with E-state index in [1.54, 1.807) is 6.07 Å². The van der Waals surface area contributed by atoms with Gasteiger partial charge in [0.05, 0.1) is 12.6 Å². The first-order chi connectivity index (χ1) is 5.81. The van der Waals surface area contributed by atoms with Gasteiger partial charge in [-0.25, -0.2) is 4.39 Å². The number of hydrogen-bond donors (Lipinski definition) is 2. The van der Waals surface area contributed by atoms with Gasteiger partial charge in [-0.1, -0.05) is 6.07 Å². The Balaban J connectivity index is 2.42. The second-order valence-electron chi connectivity index (χ2n) is 2.96. The third-order valence-corrected chi connectivity index (χ3v) is 2.20. The Morgan fingerprint density at radius 1 is 1.58 bits per heavy atom. The van der Waals surface area contributed by atoms with Crippen LogP contribution in [0.15, 0.2) is 18.2 Å². The number of hydrogen-bond acceptors (Lipinski definition) is 2. The van der Waals surface area contributed by atoms with Crippen molar-refractivity contribution < 1.29 is 9.50 Å². The minimum Gasteiger partial charge on any atom is -0.394 e. The molecule has 0 spiro atoms. The van der Waals surface area contributed by atoms with E-state index in [0.717, 1.165) is 17.7 Å². The van der Waals surface area contributed by atoms with Crippen LogP contribution in [0.5, 0.6) is 0 Å². The molecule has 1 unspecified atom stereocenters. The van der Waals surface area contributed by atoms with Gasteiger partial charge in [-0.2, -0.15) is 0 Å². The molecule has 0 saturated heterocycles. The van der Waals surface area contributed by atoms with Crippen LogP contribution in [0.3, 0.4) is 0 Å². The molecule has 0 saturated carbocycles. The highest BCUT2D eigenvalue weighted by molar-refractivity contribution is 5.34. The monoisotopic (exact) mass is 167 g/mol. The number of rotatable bonds is 1. The molecule has 1 aromatic rings. The summed E-state index contributed by atoms with van der Waals surface area (Å²) in [5, 5.41) is 12.0. The molecule has 2 nitrogen and oxygen atoms in total. The SMILES string of the molecule is OCC1NCc2ccc(F)cc21. The summed E-state index contributed by atoms with van der Waals surface area (Å²) in [4.78, 5) is 0. The van der Waals surface area contributed by atoms with Crippen LogP contribution >= 0.6 is 0 Å². The summed E-state index contributed by atoms with van der Waals surface area (Å²) in [7, 11) is 0. The van der Waals surface area contributed by atoms with Crippen molar-refractivity contribution in [1.82, 2.24) is 5.32 Å². The zero-order chi connectivity index (χ0) is 8.55. The molecule has 1 aliphatic rings. The number of halogens is 1. The third kappa shape index (κ3) is 1.11. The Hall–Kier alpha value is -0.930. The topological polar surface area (TPSA) is 32.3 Å². The molecule has 1 atom stereocenters. The number of aliphatic hydroxyl groups excluding tert-OH is 1. The van der Waals surface area contributed by atoms with Crippen LogP contribution in [0.25, 0.3) is 0 Å². The zero-order valence-electron chi connectivity index (χ0n) is 6.55. The van der Waals surface area contributed by atoms with E-state index in [1.165, 1.54) is 12.1 Å². The van der Waals surface area contributed by atoms with Gasteiger partial charge in [0, 0.05) is 6.54 Å². The van der Waals surface area contributed by atoms with Crippen molar-refractivity contribution >= 4 is 0 Å². The number of fused-ring (bicyclic) bond motifs is 1. The highest BCUT2D eigenvalue weighted by Crippen LogP contribution is 2.25. The Morgan fingerprint density at radius 3 is 3.17 bits per heavy atom. The van der Waals surface area contributed by atoms with Gasteiger partial charge in [-0.3, -0.25) is 0 Å². The van der Waals surface area contributed by atoms with E-state index >= 15 is 0 Å². The summed E-state index contributed by atoms with van der Waals surface area (Å²) in [5.74, 6) is -0.240. The van der Waals surface area contributed by atoms with E-state index in [1.807, 2.05) is 0 Å². The summed E-state index contributed by atoms with van der Waals surface area (Å²) in [5.41, 5.74) is 1.97. The number of aliphatic hydroxyl groups is 1. The summed E-state index contributed by atoms with van der Waals surface area (Å²) in [6.07, 6.45) is 0. The summed E-state index contributed by atoms with van der Waals surface area (Å²) < 4.78 is 12.8. The van der Waals surface area contributed by atoms with Crippen molar-refractivity contribution in [2.75, 3.05) is 6.61 Å². The average Bonchev–Trinajstić information content (AvgIpc) is 2.46. The van der Waals surface area contributed by atoms with Gasteiger partial charge in [0.25, 0.3) is 0 Å². The first-order valence-corrected chi connectivity index (χ1v) is 3.94. The van der Waals surface area contributed by atoms with E-state index in [4.69, 9.17) is 5.11 Å². The first kappa shape index (κ1) is 7.71. The van der Waals surface area contributed by atoms with Crippen LogP contribution in [0.2, 0.25) is 0 Å². The van der Waals surface area contributed by atoms with Gasteiger partial charge in [0.15, 0.2) is 0 Å². The van der Waals surface area contributed by atoms with Crippen LogP contribution < -0.4 is 5.32 Å². The van der Waals surface area contributed by atoms with Crippen molar-refractivity contribution in [3.63, 3.8) is 0 Å². The lowest BCUT2D eigenvalue weighted by molar-refractivity contribution is 0.251. The molecule has 2 rings (SSSR count). The highest BCUT2D eigenvalue weighted by Gasteiger charge is 2.20. The highest BCUT2D eigenvalue weighted by atomic mass is 19.1. The largest absolute Gasteiger partial charge is 0.394 e. The molecule has 0 aromatic heterocycles. The summed E-state index contributed by atoms with van der Waals surface area (Å²) in [6, 6.07) is 4.60. The van der Waals surface area contributed by atoms with E-state index in [-0.39, 0.29) is 18.5 Å². The lowest BCUT2D eigenvalue weighted by Gasteiger charge is -2.06. The maximum atomic E-state index is 12.8. The molecule has 0 bridgehead atoms. The molecule has 1 aromatic carbocycles. The van der Waals surface area contributed by atoms with Crippen molar-refractivity contribution in [3.8, 4) is 0 Å². The maximum absolute atomic E-state index is 12.8. The Kier molecular flexibility index (Phi) is 1.83. The van der Waals surface area contributed by atoms with Crippen molar-refractivity contribution in [3.05, 3.63) is 35.1 Å². The second-order valence-corrected chi connectivity index (χ2v) is 2.96. The normalized spacial score (nSPS) is 21.0. The molecule has 3 heteroatoms. The fourth-order valence-corrected chi connectivity index (χ4v) is 1.56. The molecule has 0 radical (unpaired) electrons. The van der Waals surface area contributed by atoms with Crippen molar-refractivity contribution in [1.29, 1.82) is 0 Å². The van der Waals surface area contributed by atoms with E-state index in [2.05, 4.69) is 5.32 Å². The Bertz CT molecular complexity index is 301. The fraction of sp³-hybridized carbons (Fsp3) is 0.333. The lowest BCUT2D eigenvalue weighted by atomic mass is 10.1. The van der Waals surface area contributed by atoms with Crippen molar-refractivity contribution in [2.45, 2.75) is 12.6 Å². The first-order valence-electron chi connectivity index (χ1n) is 3.94. The Labute approximate surface area is 70.0 Å². The molecule has 0 amide bonds. The molecule has 1 heterocycles. The molecule has 0 fully saturated rings. The maximum Gasteiger partial charge on any atom is 0.123 e. The molecule has 1 aliphatic heterocycles. The minimum absolute atomic E-state index is 0.0243. The standard InChI is InChI=1S/C9H10FNO/c10-7-2-1-6-4-11-9(5-12)8(6)3-7/h1-3,9,11-12H,4-5H2. The van der Waals surface area contributed by atoms with E-state index in [9.17, 15) is 4.39 Å². The smallest absolute Gasteiger partial charge is 0.123 e. The molecular formula is C9H10FNO. The summed E-state index contributed by atoms with van der Waals surface area (Å²) in [6.45, 7) is 0.747.